The largest absolute Gasteiger partial charge is 0.477 e. The summed E-state index contributed by atoms with van der Waals surface area (Å²) in [5.41, 5.74) is 3.90. The lowest BCUT2D eigenvalue weighted by molar-refractivity contribution is 0.0684. The summed E-state index contributed by atoms with van der Waals surface area (Å²) in [7, 11) is -3.71. The normalized spacial score (nSPS) is 11.7. The van der Waals surface area contributed by atoms with Gasteiger partial charge in [0, 0.05) is 29.6 Å². The Hall–Kier alpha value is -3.46. The lowest BCUT2D eigenvalue weighted by atomic mass is 10.1. The lowest BCUT2D eigenvalue weighted by Gasteiger charge is -2.10. The third kappa shape index (κ3) is 5.14. The quantitative estimate of drug-likeness (QED) is 0.329. The molecular weight excluding hydrogens is 438 g/mol. The van der Waals surface area contributed by atoms with Crippen molar-refractivity contribution < 1.29 is 18.3 Å². The van der Waals surface area contributed by atoms with Crippen LogP contribution >= 0.6 is 0 Å². The highest BCUT2D eigenvalue weighted by molar-refractivity contribution is 7.89. The molecule has 0 atom stereocenters. The smallest absolute Gasteiger partial charge is 0.352 e. The predicted octanol–water partition coefficient (Wildman–Crippen LogP) is 3.37. The summed E-state index contributed by atoms with van der Waals surface area (Å²) in [5, 5.41) is 19.4. The Morgan fingerprint density at radius 3 is 2.24 bits per heavy atom. The number of aromatic carboxylic acids is 1. The van der Waals surface area contributed by atoms with Gasteiger partial charge in [-0.1, -0.05) is 60.7 Å². The van der Waals surface area contributed by atoms with Gasteiger partial charge in [0.15, 0.2) is 0 Å². The van der Waals surface area contributed by atoms with Crippen molar-refractivity contribution in [2.24, 2.45) is 5.14 Å². The predicted molar refractivity (Wildman–Crippen MR) is 128 cm³/mol. The Morgan fingerprint density at radius 2 is 1.58 bits per heavy atom. The van der Waals surface area contributed by atoms with Crippen LogP contribution in [0, 0.1) is 0 Å². The number of nitrogens with one attached hydrogen (secondary N) is 1. The van der Waals surface area contributed by atoms with Gasteiger partial charge in [-0.3, -0.25) is 0 Å². The Morgan fingerprint density at radius 1 is 0.909 bits per heavy atom. The molecule has 0 saturated heterocycles. The Bertz CT molecular complexity index is 1380. The molecule has 170 valence electrons. The lowest BCUT2D eigenvalue weighted by Crippen LogP contribution is -2.19. The molecule has 4 N–H and O–H groups in total. The van der Waals surface area contributed by atoms with E-state index in [0.717, 1.165) is 27.6 Å². The van der Waals surface area contributed by atoms with Crippen LogP contribution in [0.3, 0.4) is 0 Å². The monoisotopic (exact) mass is 463 g/mol. The van der Waals surface area contributed by atoms with Crippen LogP contribution in [-0.4, -0.2) is 30.6 Å². The van der Waals surface area contributed by atoms with Gasteiger partial charge >= 0.3 is 5.97 Å². The molecule has 0 amide bonds. The first-order chi connectivity index (χ1) is 15.8. The zero-order chi connectivity index (χ0) is 23.4. The average Bonchev–Trinajstić information content (AvgIpc) is 3.11. The number of nitrogens with zero attached hydrogens (tertiary/aromatic N) is 1. The molecule has 0 spiro atoms. The molecular formula is C25H25N3O4S. The molecule has 3 aromatic carbocycles. The van der Waals surface area contributed by atoms with Gasteiger partial charge in [0.25, 0.3) is 0 Å². The number of sulfonamides is 1. The van der Waals surface area contributed by atoms with Gasteiger partial charge in [0.1, 0.15) is 5.69 Å². The van der Waals surface area contributed by atoms with Crippen LogP contribution in [0.2, 0.25) is 0 Å². The third-order valence-electron chi connectivity index (χ3n) is 5.61. The SMILES string of the molecule is NS(=O)(=O)c1ccc(CCNCc2c(C(=O)O)n(Cc3ccccc3)c3ccccc23)cc1. The van der Waals surface area contributed by atoms with Crippen molar-refractivity contribution in [2.45, 2.75) is 24.4 Å². The van der Waals surface area contributed by atoms with Gasteiger partial charge in [-0.2, -0.15) is 0 Å². The summed E-state index contributed by atoms with van der Waals surface area (Å²) in [6.07, 6.45) is 0.663. The van der Waals surface area contributed by atoms with Crippen LogP contribution < -0.4 is 10.5 Å². The maximum atomic E-state index is 12.3. The first-order valence-corrected chi connectivity index (χ1v) is 12.1. The standard InChI is InChI=1S/C25H25N3O4S/c26-33(31,32)20-12-10-18(11-13-20)14-15-27-16-22-21-8-4-5-9-23(21)28(24(22)25(29)30)17-19-6-2-1-3-7-19/h1-13,27H,14-17H2,(H,29,30)(H2,26,31,32). The van der Waals surface area contributed by atoms with Crippen molar-refractivity contribution in [3.63, 3.8) is 0 Å². The van der Waals surface area contributed by atoms with E-state index in [9.17, 15) is 18.3 Å². The van der Waals surface area contributed by atoms with Crippen LogP contribution in [0.4, 0.5) is 0 Å². The van der Waals surface area contributed by atoms with Crippen molar-refractivity contribution in [3.8, 4) is 0 Å². The van der Waals surface area contributed by atoms with E-state index in [2.05, 4.69) is 5.32 Å². The van der Waals surface area contributed by atoms with Crippen LogP contribution in [0.1, 0.15) is 27.2 Å². The molecule has 7 nitrogen and oxygen atoms in total. The van der Waals surface area contributed by atoms with Crippen LogP contribution in [-0.2, 0) is 29.5 Å². The maximum Gasteiger partial charge on any atom is 0.352 e. The number of benzene rings is 3. The molecule has 8 heteroatoms. The minimum absolute atomic E-state index is 0.0801. The number of nitrogens with two attached hydrogens (primary N) is 1. The molecule has 0 unspecified atom stereocenters. The highest BCUT2D eigenvalue weighted by Crippen LogP contribution is 2.27. The zero-order valence-corrected chi connectivity index (χ0v) is 18.8. The number of hydrogen-bond acceptors (Lipinski definition) is 4. The molecule has 33 heavy (non-hydrogen) atoms. The number of hydrogen-bond donors (Lipinski definition) is 3. The molecule has 4 aromatic rings. The molecule has 0 bridgehead atoms. The number of fused-ring (bicyclic) bond motifs is 1. The van der Waals surface area contributed by atoms with Gasteiger partial charge in [0.2, 0.25) is 10.0 Å². The number of carboxylic acids is 1. The summed E-state index contributed by atoms with van der Waals surface area (Å²) < 4.78 is 24.6. The number of primary sulfonamides is 1. The van der Waals surface area contributed by atoms with E-state index >= 15 is 0 Å². The van der Waals surface area contributed by atoms with Crippen LogP contribution in [0.15, 0.2) is 83.8 Å². The first-order valence-electron chi connectivity index (χ1n) is 10.5. The molecule has 0 radical (unpaired) electrons. The second-order valence-corrected chi connectivity index (χ2v) is 9.40. The van der Waals surface area contributed by atoms with Gasteiger partial charge in [-0.25, -0.2) is 18.4 Å². The highest BCUT2D eigenvalue weighted by atomic mass is 32.2. The number of para-hydroxylation sites is 1. The Balaban J connectivity index is 1.54. The van der Waals surface area contributed by atoms with Crippen LogP contribution in [0.5, 0.6) is 0 Å². The number of carboxylic acid groups (broad SMARTS) is 1. The van der Waals surface area contributed by atoms with Crippen molar-refractivity contribution in [3.05, 3.63) is 101 Å². The van der Waals surface area contributed by atoms with Crippen LogP contribution in [0.25, 0.3) is 10.9 Å². The first kappa shape index (κ1) is 22.7. The van der Waals surface area contributed by atoms with Gasteiger partial charge in [-0.15, -0.1) is 0 Å². The molecule has 4 rings (SSSR count). The van der Waals surface area contributed by atoms with E-state index in [1.807, 2.05) is 59.2 Å². The highest BCUT2D eigenvalue weighted by Gasteiger charge is 2.22. The maximum absolute atomic E-state index is 12.3. The van der Waals surface area contributed by atoms with E-state index in [0.29, 0.717) is 26.1 Å². The van der Waals surface area contributed by atoms with Gasteiger partial charge in [0.05, 0.1) is 4.90 Å². The van der Waals surface area contributed by atoms with Gasteiger partial charge in [-0.05, 0) is 42.3 Å². The summed E-state index contributed by atoms with van der Waals surface area (Å²) in [5.74, 6) is -0.961. The molecule has 0 saturated carbocycles. The van der Waals surface area contributed by atoms with Crippen molar-refractivity contribution in [1.29, 1.82) is 0 Å². The summed E-state index contributed by atoms with van der Waals surface area (Å²) in [6.45, 7) is 1.48. The van der Waals surface area contributed by atoms with E-state index in [4.69, 9.17) is 5.14 Å². The second-order valence-electron chi connectivity index (χ2n) is 7.84. The zero-order valence-electron chi connectivity index (χ0n) is 17.9. The van der Waals surface area contributed by atoms with E-state index in [-0.39, 0.29) is 10.6 Å². The molecule has 0 fully saturated rings. The summed E-state index contributed by atoms with van der Waals surface area (Å²) >= 11 is 0. The topological polar surface area (TPSA) is 114 Å². The molecule has 1 aromatic heterocycles. The fourth-order valence-electron chi connectivity index (χ4n) is 4.02. The van der Waals surface area contributed by atoms with E-state index < -0.39 is 16.0 Å². The molecule has 0 aliphatic rings. The van der Waals surface area contributed by atoms with Crippen molar-refractivity contribution >= 4 is 26.9 Å². The number of carbonyl (C=O) groups is 1. The molecule has 1 heterocycles. The fourth-order valence-corrected chi connectivity index (χ4v) is 4.54. The minimum Gasteiger partial charge on any atom is -0.477 e. The Labute approximate surface area is 192 Å². The number of aromatic nitrogens is 1. The number of rotatable bonds is 9. The second kappa shape index (κ2) is 9.58. The molecule has 0 aliphatic heterocycles. The van der Waals surface area contributed by atoms with E-state index in [1.54, 1.807) is 12.1 Å². The van der Waals surface area contributed by atoms with Gasteiger partial charge < -0.3 is 15.0 Å². The minimum atomic E-state index is -3.71. The van der Waals surface area contributed by atoms with Crippen molar-refractivity contribution in [2.75, 3.05) is 6.54 Å². The molecule has 0 aliphatic carbocycles. The average molecular weight is 464 g/mol. The summed E-state index contributed by atoms with van der Waals surface area (Å²) in [4.78, 5) is 12.3. The van der Waals surface area contributed by atoms with Crippen molar-refractivity contribution in [1.82, 2.24) is 9.88 Å². The fraction of sp³-hybridized carbons (Fsp3) is 0.160. The summed E-state index contributed by atoms with van der Waals surface area (Å²) in [6, 6.07) is 24.0. The third-order valence-corrected chi connectivity index (χ3v) is 6.54. The van der Waals surface area contributed by atoms with E-state index in [1.165, 1.54) is 12.1 Å². The Kier molecular flexibility index (Phi) is 6.60.